The summed E-state index contributed by atoms with van der Waals surface area (Å²) in [5.41, 5.74) is 0.423. The van der Waals surface area contributed by atoms with Crippen LogP contribution in [0.1, 0.15) is 5.56 Å². The van der Waals surface area contributed by atoms with Crippen molar-refractivity contribution >= 4 is 27.3 Å². The average molecular weight is 282 g/mol. The van der Waals surface area contributed by atoms with Gasteiger partial charge in [0.1, 0.15) is 11.8 Å². The first kappa shape index (κ1) is 10.1. The van der Waals surface area contributed by atoms with Crippen LogP contribution < -0.4 is 5.56 Å². The van der Waals surface area contributed by atoms with Gasteiger partial charge in [0.05, 0.1) is 14.2 Å². The Labute approximate surface area is 97.3 Å². The SMILES string of the molecule is N#Cc1cc(=O)[nH]nc1-c1ccc(Br)s1. The molecular formula is C9H4BrN3OS. The minimum atomic E-state index is -0.370. The Kier molecular flexibility index (Phi) is 2.66. The van der Waals surface area contributed by atoms with Crippen LogP contribution in [-0.2, 0) is 0 Å². The van der Waals surface area contributed by atoms with Crippen LogP contribution >= 0.6 is 27.3 Å². The second-order valence-corrected chi connectivity index (χ2v) is 5.17. The van der Waals surface area contributed by atoms with Crippen LogP contribution in [0.3, 0.4) is 0 Å². The van der Waals surface area contributed by atoms with Gasteiger partial charge in [-0.05, 0) is 28.1 Å². The van der Waals surface area contributed by atoms with E-state index in [4.69, 9.17) is 5.26 Å². The summed E-state index contributed by atoms with van der Waals surface area (Å²) in [7, 11) is 0. The first-order valence-electron chi connectivity index (χ1n) is 3.96. The van der Waals surface area contributed by atoms with E-state index in [1.165, 1.54) is 17.4 Å². The van der Waals surface area contributed by atoms with Crippen LogP contribution in [0, 0.1) is 11.3 Å². The van der Waals surface area contributed by atoms with E-state index in [-0.39, 0.29) is 11.1 Å². The highest BCUT2D eigenvalue weighted by atomic mass is 79.9. The normalized spacial score (nSPS) is 9.87. The maximum atomic E-state index is 11.0. The largest absolute Gasteiger partial charge is 0.268 e. The van der Waals surface area contributed by atoms with Gasteiger partial charge < -0.3 is 0 Å². The Morgan fingerprint density at radius 2 is 2.33 bits per heavy atom. The molecule has 0 amide bonds. The molecule has 2 aromatic heterocycles. The lowest BCUT2D eigenvalue weighted by molar-refractivity contribution is 0.992. The molecule has 0 spiro atoms. The lowest BCUT2D eigenvalue weighted by Crippen LogP contribution is -2.08. The number of halogens is 1. The van der Waals surface area contributed by atoms with Crippen molar-refractivity contribution in [2.45, 2.75) is 0 Å². The van der Waals surface area contributed by atoms with Crippen LogP contribution in [0.2, 0.25) is 0 Å². The Morgan fingerprint density at radius 1 is 1.53 bits per heavy atom. The second kappa shape index (κ2) is 3.96. The molecule has 0 atom stereocenters. The Balaban J connectivity index is 2.63. The van der Waals surface area contributed by atoms with E-state index < -0.39 is 0 Å². The van der Waals surface area contributed by atoms with Gasteiger partial charge in [0, 0.05) is 6.07 Å². The fourth-order valence-corrected chi connectivity index (χ4v) is 2.51. The molecule has 15 heavy (non-hydrogen) atoms. The summed E-state index contributed by atoms with van der Waals surface area (Å²) in [6, 6.07) is 6.91. The molecule has 2 rings (SSSR count). The van der Waals surface area contributed by atoms with Gasteiger partial charge in [0.15, 0.2) is 0 Å². The molecule has 0 unspecified atom stereocenters. The monoisotopic (exact) mass is 281 g/mol. The van der Waals surface area contributed by atoms with Gasteiger partial charge in [-0.1, -0.05) is 0 Å². The smallest absolute Gasteiger partial charge is 0.265 e. The topological polar surface area (TPSA) is 69.5 Å². The van der Waals surface area contributed by atoms with Crippen LogP contribution in [0.25, 0.3) is 10.6 Å². The number of aromatic amines is 1. The predicted molar refractivity (Wildman–Crippen MR) is 60.6 cm³/mol. The fraction of sp³-hybridized carbons (Fsp3) is 0. The summed E-state index contributed by atoms with van der Waals surface area (Å²) in [6.45, 7) is 0. The van der Waals surface area contributed by atoms with Gasteiger partial charge in [-0.3, -0.25) is 4.79 Å². The number of thiophene rings is 1. The molecule has 0 aromatic carbocycles. The maximum Gasteiger partial charge on any atom is 0.265 e. The fourth-order valence-electron chi connectivity index (χ4n) is 1.12. The Bertz CT molecular complexity index is 596. The van der Waals surface area contributed by atoms with Crippen molar-refractivity contribution in [2.24, 2.45) is 0 Å². The molecule has 0 aliphatic heterocycles. The van der Waals surface area contributed by atoms with E-state index in [1.807, 2.05) is 18.2 Å². The number of aromatic nitrogens is 2. The zero-order valence-electron chi connectivity index (χ0n) is 7.32. The number of nitriles is 1. The van der Waals surface area contributed by atoms with Crippen LogP contribution in [0.15, 0.2) is 26.8 Å². The predicted octanol–water partition coefficient (Wildman–Crippen LogP) is 2.13. The zero-order chi connectivity index (χ0) is 10.8. The summed E-state index contributed by atoms with van der Waals surface area (Å²) in [5.74, 6) is 0. The minimum absolute atomic E-state index is 0.285. The first-order chi connectivity index (χ1) is 7.20. The Hall–Kier alpha value is -1.45. The van der Waals surface area contributed by atoms with Gasteiger partial charge >= 0.3 is 0 Å². The third kappa shape index (κ3) is 1.98. The van der Waals surface area contributed by atoms with Crippen molar-refractivity contribution < 1.29 is 0 Å². The van der Waals surface area contributed by atoms with Crippen molar-refractivity contribution in [1.29, 1.82) is 5.26 Å². The van der Waals surface area contributed by atoms with Gasteiger partial charge in [0.25, 0.3) is 5.56 Å². The molecule has 1 N–H and O–H groups in total. The zero-order valence-corrected chi connectivity index (χ0v) is 9.72. The summed E-state index contributed by atoms with van der Waals surface area (Å²) in [5, 5.41) is 15.0. The van der Waals surface area contributed by atoms with E-state index >= 15 is 0 Å². The lowest BCUT2D eigenvalue weighted by atomic mass is 10.2. The molecule has 0 fully saturated rings. The summed E-state index contributed by atoms with van der Waals surface area (Å²) < 4.78 is 0.953. The van der Waals surface area contributed by atoms with E-state index in [1.54, 1.807) is 0 Å². The van der Waals surface area contributed by atoms with Crippen LogP contribution in [0.5, 0.6) is 0 Å². The van der Waals surface area contributed by atoms with Gasteiger partial charge in [-0.25, -0.2) is 5.10 Å². The third-order valence-electron chi connectivity index (χ3n) is 1.74. The van der Waals surface area contributed by atoms with Crippen molar-refractivity contribution in [1.82, 2.24) is 10.2 Å². The molecule has 0 saturated carbocycles. The van der Waals surface area contributed by atoms with Crippen LogP contribution in [-0.4, -0.2) is 10.2 Å². The van der Waals surface area contributed by atoms with Crippen molar-refractivity contribution in [2.75, 3.05) is 0 Å². The molecule has 0 aliphatic carbocycles. The lowest BCUT2D eigenvalue weighted by Gasteiger charge is -1.96. The number of rotatable bonds is 1. The molecule has 0 radical (unpaired) electrons. The summed E-state index contributed by atoms with van der Waals surface area (Å²) >= 11 is 4.78. The third-order valence-corrected chi connectivity index (χ3v) is 3.37. The van der Waals surface area contributed by atoms with Gasteiger partial charge in [0.2, 0.25) is 0 Å². The molecule has 0 bridgehead atoms. The highest BCUT2D eigenvalue weighted by molar-refractivity contribution is 9.11. The van der Waals surface area contributed by atoms with Crippen molar-refractivity contribution in [3.8, 4) is 16.6 Å². The Morgan fingerprint density at radius 3 is 2.93 bits per heavy atom. The molecule has 0 saturated heterocycles. The highest BCUT2D eigenvalue weighted by Gasteiger charge is 2.09. The van der Waals surface area contributed by atoms with Gasteiger partial charge in [-0.15, -0.1) is 11.3 Å². The number of nitrogens with one attached hydrogen (secondary N) is 1. The number of hydrogen-bond acceptors (Lipinski definition) is 4. The first-order valence-corrected chi connectivity index (χ1v) is 5.57. The van der Waals surface area contributed by atoms with Gasteiger partial charge in [-0.2, -0.15) is 10.4 Å². The van der Waals surface area contributed by atoms with E-state index in [2.05, 4.69) is 26.1 Å². The minimum Gasteiger partial charge on any atom is -0.268 e. The standard InChI is InChI=1S/C9H4BrN3OS/c10-7-2-1-6(15-7)9-5(4-11)3-8(14)12-13-9/h1-3H,(H,12,14). The molecule has 4 nitrogen and oxygen atoms in total. The van der Waals surface area contributed by atoms with E-state index in [9.17, 15) is 4.79 Å². The van der Waals surface area contributed by atoms with E-state index in [0.717, 1.165) is 8.66 Å². The molecule has 6 heteroatoms. The second-order valence-electron chi connectivity index (χ2n) is 2.71. The maximum absolute atomic E-state index is 11.0. The summed E-state index contributed by atoms with van der Waals surface area (Å²) in [4.78, 5) is 11.8. The molecular weight excluding hydrogens is 278 g/mol. The summed E-state index contributed by atoms with van der Waals surface area (Å²) in [6.07, 6.45) is 0. The molecule has 74 valence electrons. The molecule has 2 heterocycles. The quantitative estimate of drug-likeness (QED) is 0.871. The molecule has 0 aliphatic rings. The van der Waals surface area contributed by atoms with Crippen LogP contribution in [0.4, 0.5) is 0 Å². The highest BCUT2D eigenvalue weighted by Crippen LogP contribution is 2.30. The van der Waals surface area contributed by atoms with E-state index in [0.29, 0.717) is 5.69 Å². The van der Waals surface area contributed by atoms with Crippen molar-refractivity contribution in [3.05, 3.63) is 37.9 Å². The number of H-pyrrole nitrogens is 1. The number of nitrogens with zero attached hydrogens (tertiary/aromatic N) is 2. The van der Waals surface area contributed by atoms with Crippen molar-refractivity contribution in [3.63, 3.8) is 0 Å². The molecule has 2 aromatic rings. The number of hydrogen-bond donors (Lipinski definition) is 1. The average Bonchev–Trinajstić information content (AvgIpc) is 2.64.